The molecule has 0 rings (SSSR count). The lowest BCUT2D eigenvalue weighted by atomic mass is 10.7. The normalized spacial score (nSPS) is 12.9. The summed E-state index contributed by atoms with van der Waals surface area (Å²) in [5.74, 6) is 0.385. The molecule has 2 N–H and O–H groups in total. The Hall–Kier alpha value is -0.900. The first kappa shape index (κ1) is 8.10. The molecule has 0 aromatic rings. The van der Waals surface area contributed by atoms with Gasteiger partial charge >= 0.3 is 0 Å². The van der Waals surface area contributed by atoms with Crippen molar-refractivity contribution in [2.45, 2.75) is 6.92 Å². The van der Waals surface area contributed by atoms with Gasteiger partial charge in [-0.1, -0.05) is 0 Å². The highest BCUT2D eigenvalue weighted by Gasteiger charge is 1.85. The smallest absolute Gasteiger partial charge is 0.148 e. The third kappa shape index (κ3) is 4.96. The van der Waals surface area contributed by atoms with Crippen LogP contribution in [-0.4, -0.2) is 25.8 Å². The van der Waals surface area contributed by atoms with Gasteiger partial charge in [0.05, 0.1) is 0 Å². The Kier molecular flexibility index (Phi) is 4.72. The van der Waals surface area contributed by atoms with Gasteiger partial charge in [-0.2, -0.15) is 5.10 Å². The van der Waals surface area contributed by atoms with E-state index < -0.39 is 0 Å². The van der Waals surface area contributed by atoms with Crippen molar-refractivity contribution in [1.82, 2.24) is 0 Å². The van der Waals surface area contributed by atoms with Gasteiger partial charge in [-0.25, -0.2) is 0 Å². The van der Waals surface area contributed by atoms with E-state index in [1.165, 1.54) is 0 Å². The van der Waals surface area contributed by atoms with E-state index in [0.717, 1.165) is 0 Å². The molecule has 0 unspecified atom stereocenters. The Morgan fingerprint density at radius 3 is 2.89 bits per heavy atom. The lowest BCUT2D eigenvalue weighted by Crippen LogP contribution is -2.17. The maximum atomic E-state index is 5.28. The van der Waals surface area contributed by atoms with Crippen LogP contribution in [0.2, 0.25) is 0 Å². The second kappa shape index (κ2) is 5.24. The Balaban J connectivity index is 3.55. The largest absolute Gasteiger partial charge is 0.384 e. The van der Waals surface area contributed by atoms with E-state index in [-0.39, 0.29) is 0 Å². The fourth-order valence-corrected chi connectivity index (χ4v) is 0.309. The monoisotopic (exact) mass is 129 g/mol. The SMILES string of the molecule is C/C=N/N=C(N)COC. The van der Waals surface area contributed by atoms with E-state index in [2.05, 4.69) is 14.9 Å². The molecule has 0 aromatic carbocycles. The second-order valence-electron chi connectivity index (χ2n) is 1.40. The van der Waals surface area contributed by atoms with E-state index in [1.807, 2.05) is 0 Å². The third-order valence-electron chi connectivity index (χ3n) is 0.594. The molecule has 4 heteroatoms. The average molecular weight is 129 g/mol. The molecule has 0 aromatic heterocycles. The summed E-state index contributed by atoms with van der Waals surface area (Å²) >= 11 is 0. The first-order valence-corrected chi connectivity index (χ1v) is 2.60. The Labute approximate surface area is 54.4 Å². The van der Waals surface area contributed by atoms with Crippen LogP contribution < -0.4 is 5.73 Å². The zero-order chi connectivity index (χ0) is 7.11. The van der Waals surface area contributed by atoms with Crippen LogP contribution in [0.25, 0.3) is 0 Å². The number of hydrogen-bond donors (Lipinski definition) is 1. The predicted octanol–water partition coefficient (Wildman–Crippen LogP) is -0.00430. The molecular formula is C5H11N3O. The van der Waals surface area contributed by atoms with Crippen LogP contribution in [0.4, 0.5) is 0 Å². The molecule has 0 heterocycles. The van der Waals surface area contributed by atoms with Crippen molar-refractivity contribution < 1.29 is 4.74 Å². The molecule has 52 valence electrons. The van der Waals surface area contributed by atoms with Crippen LogP contribution in [0.3, 0.4) is 0 Å². The lowest BCUT2D eigenvalue weighted by molar-refractivity contribution is 0.244. The zero-order valence-electron chi connectivity index (χ0n) is 5.66. The van der Waals surface area contributed by atoms with Crippen molar-refractivity contribution in [2.75, 3.05) is 13.7 Å². The highest BCUT2D eigenvalue weighted by atomic mass is 16.5. The second-order valence-corrected chi connectivity index (χ2v) is 1.40. The van der Waals surface area contributed by atoms with Crippen molar-refractivity contribution in [1.29, 1.82) is 0 Å². The van der Waals surface area contributed by atoms with Crippen LogP contribution in [0, 0.1) is 0 Å². The highest BCUT2D eigenvalue weighted by molar-refractivity contribution is 5.81. The van der Waals surface area contributed by atoms with Crippen molar-refractivity contribution >= 4 is 12.1 Å². The van der Waals surface area contributed by atoms with E-state index in [0.29, 0.717) is 12.4 Å². The minimum atomic E-state index is 0.331. The van der Waals surface area contributed by atoms with E-state index in [4.69, 9.17) is 5.73 Å². The molecule has 0 spiro atoms. The number of nitrogens with two attached hydrogens (primary N) is 1. The van der Waals surface area contributed by atoms with Crippen LogP contribution in [0.1, 0.15) is 6.92 Å². The van der Waals surface area contributed by atoms with Gasteiger partial charge in [0.1, 0.15) is 12.4 Å². The first-order chi connectivity index (χ1) is 4.31. The van der Waals surface area contributed by atoms with Gasteiger partial charge in [0.25, 0.3) is 0 Å². The molecule has 0 amide bonds. The van der Waals surface area contributed by atoms with Crippen LogP contribution in [0.15, 0.2) is 10.2 Å². The number of rotatable bonds is 3. The molecule has 0 bridgehead atoms. The van der Waals surface area contributed by atoms with Gasteiger partial charge in [0, 0.05) is 13.3 Å². The number of ether oxygens (including phenoxy) is 1. The average Bonchev–Trinajstić information content (AvgIpc) is 1.85. The Morgan fingerprint density at radius 2 is 2.44 bits per heavy atom. The molecule has 0 fully saturated rings. The quantitative estimate of drug-likeness (QED) is 0.331. The molecule has 0 saturated carbocycles. The predicted molar refractivity (Wildman–Crippen MR) is 37.7 cm³/mol. The van der Waals surface area contributed by atoms with E-state index in [9.17, 15) is 0 Å². The molecule has 0 radical (unpaired) electrons. The molecule has 9 heavy (non-hydrogen) atoms. The minimum absolute atomic E-state index is 0.331. The van der Waals surface area contributed by atoms with Gasteiger partial charge < -0.3 is 10.5 Å². The summed E-state index contributed by atoms with van der Waals surface area (Å²) in [7, 11) is 1.55. The van der Waals surface area contributed by atoms with Gasteiger partial charge in [0.15, 0.2) is 0 Å². The van der Waals surface area contributed by atoms with Crippen molar-refractivity contribution in [2.24, 2.45) is 15.9 Å². The first-order valence-electron chi connectivity index (χ1n) is 2.60. The lowest BCUT2D eigenvalue weighted by Gasteiger charge is -1.92. The van der Waals surface area contributed by atoms with Crippen LogP contribution in [-0.2, 0) is 4.74 Å². The maximum absolute atomic E-state index is 5.28. The fraction of sp³-hybridized carbons (Fsp3) is 0.600. The summed E-state index contributed by atoms with van der Waals surface area (Å²) < 4.78 is 4.67. The zero-order valence-corrected chi connectivity index (χ0v) is 5.66. The topological polar surface area (TPSA) is 60.0 Å². The summed E-state index contributed by atoms with van der Waals surface area (Å²) in [6.45, 7) is 2.10. The maximum Gasteiger partial charge on any atom is 0.148 e. The van der Waals surface area contributed by atoms with Gasteiger partial charge in [-0.3, -0.25) is 0 Å². The molecule has 0 aliphatic carbocycles. The Morgan fingerprint density at radius 1 is 1.78 bits per heavy atom. The number of hydrogen-bond acceptors (Lipinski definition) is 3. The molecule has 0 aliphatic heterocycles. The Bertz CT molecular complexity index is 119. The minimum Gasteiger partial charge on any atom is -0.384 e. The van der Waals surface area contributed by atoms with Gasteiger partial charge in [0.2, 0.25) is 0 Å². The number of methoxy groups -OCH3 is 1. The molecule has 0 aliphatic rings. The third-order valence-corrected chi connectivity index (χ3v) is 0.594. The molecule has 0 saturated heterocycles. The summed E-state index contributed by atoms with van der Waals surface area (Å²) in [5.41, 5.74) is 5.28. The van der Waals surface area contributed by atoms with E-state index in [1.54, 1.807) is 20.2 Å². The summed E-state index contributed by atoms with van der Waals surface area (Å²) in [6, 6.07) is 0. The molecular weight excluding hydrogens is 118 g/mol. The molecule has 4 nitrogen and oxygen atoms in total. The number of amidine groups is 1. The summed E-state index contributed by atoms with van der Waals surface area (Å²) in [5, 5.41) is 7.12. The summed E-state index contributed by atoms with van der Waals surface area (Å²) in [6.07, 6.45) is 1.56. The van der Waals surface area contributed by atoms with Crippen molar-refractivity contribution in [3.63, 3.8) is 0 Å². The summed E-state index contributed by atoms with van der Waals surface area (Å²) in [4.78, 5) is 0. The van der Waals surface area contributed by atoms with Gasteiger partial charge in [-0.05, 0) is 6.92 Å². The fourth-order valence-electron chi connectivity index (χ4n) is 0.309. The van der Waals surface area contributed by atoms with E-state index >= 15 is 0 Å². The highest BCUT2D eigenvalue weighted by Crippen LogP contribution is 1.72. The number of nitrogens with zero attached hydrogens (tertiary/aromatic N) is 2. The van der Waals surface area contributed by atoms with Crippen molar-refractivity contribution in [3.8, 4) is 0 Å². The van der Waals surface area contributed by atoms with Crippen LogP contribution in [0.5, 0.6) is 0 Å². The van der Waals surface area contributed by atoms with Crippen molar-refractivity contribution in [3.05, 3.63) is 0 Å². The molecule has 0 atom stereocenters. The van der Waals surface area contributed by atoms with Crippen LogP contribution >= 0.6 is 0 Å². The van der Waals surface area contributed by atoms with Gasteiger partial charge in [-0.15, -0.1) is 5.10 Å². The standard InChI is InChI=1S/C5H11N3O/c1-3-7-8-5(6)4-9-2/h3H,4H2,1-2H3,(H2,6,8)/b7-3+.